The van der Waals surface area contributed by atoms with Crippen molar-refractivity contribution >= 4 is 11.9 Å². The van der Waals surface area contributed by atoms with Crippen molar-refractivity contribution in [3.05, 3.63) is 35.4 Å². The minimum Gasteiger partial charge on any atom is -0.352 e. The molecule has 0 aromatic heterocycles. The molecule has 0 saturated carbocycles. The van der Waals surface area contributed by atoms with E-state index in [0.29, 0.717) is 6.54 Å². The highest BCUT2D eigenvalue weighted by Crippen LogP contribution is 2.19. The number of carbonyl (C=O) groups excluding carboxylic acids is 2. The van der Waals surface area contributed by atoms with Gasteiger partial charge in [-0.05, 0) is 43.2 Å². The van der Waals surface area contributed by atoms with Crippen LogP contribution in [0, 0.1) is 0 Å². The molecule has 3 heterocycles. The molecule has 6 heteroatoms. The first kappa shape index (κ1) is 18.3. The summed E-state index contributed by atoms with van der Waals surface area (Å²) in [6, 6.07) is 8.87. The van der Waals surface area contributed by atoms with Gasteiger partial charge in [0.2, 0.25) is 5.91 Å². The lowest BCUT2D eigenvalue weighted by atomic mass is 10.00. The Labute approximate surface area is 161 Å². The van der Waals surface area contributed by atoms with Crippen LogP contribution in [0.2, 0.25) is 0 Å². The number of carbonyl (C=O) groups is 2. The zero-order chi connectivity index (χ0) is 18.6. The number of hydrogen-bond donors (Lipinski definition) is 1. The minimum absolute atomic E-state index is 0.110. The number of hydrogen-bond acceptors (Lipinski definition) is 3. The van der Waals surface area contributed by atoms with E-state index in [4.69, 9.17) is 0 Å². The topological polar surface area (TPSA) is 55.9 Å². The van der Waals surface area contributed by atoms with Crippen molar-refractivity contribution in [2.24, 2.45) is 0 Å². The van der Waals surface area contributed by atoms with E-state index in [1.54, 1.807) is 0 Å². The van der Waals surface area contributed by atoms with Crippen molar-refractivity contribution in [3.8, 4) is 0 Å². The smallest absolute Gasteiger partial charge is 0.319 e. The molecule has 2 saturated heterocycles. The Kier molecular flexibility index (Phi) is 5.62. The van der Waals surface area contributed by atoms with Gasteiger partial charge in [0.1, 0.15) is 0 Å². The first-order valence-electron chi connectivity index (χ1n) is 10.3. The van der Waals surface area contributed by atoms with Crippen LogP contribution < -0.4 is 5.32 Å². The summed E-state index contributed by atoms with van der Waals surface area (Å²) >= 11 is 0. The highest BCUT2D eigenvalue weighted by Gasteiger charge is 2.28. The molecule has 0 bridgehead atoms. The Morgan fingerprint density at radius 3 is 2.33 bits per heavy atom. The van der Waals surface area contributed by atoms with E-state index < -0.39 is 0 Å². The molecule has 6 nitrogen and oxygen atoms in total. The van der Waals surface area contributed by atoms with Crippen molar-refractivity contribution in [2.45, 2.75) is 44.7 Å². The summed E-state index contributed by atoms with van der Waals surface area (Å²) < 4.78 is 0. The van der Waals surface area contributed by atoms with Crippen LogP contribution in [0.25, 0.3) is 0 Å². The molecule has 27 heavy (non-hydrogen) atoms. The first-order valence-corrected chi connectivity index (χ1v) is 10.3. The molecule has 0 spiro atoms. The molecular weight excluding hydrogens is 340 g/mol. The molecule has 1 N–H and O–H groups in total. The fraction of sp³-hybridized carbons (Fsp3) is 0.619. The number of piperidine rings is 1. The van der Waals surface area contributed by atoms with Gasteiger partial charge in [-0.25, -0.2) is 4.79 Å². The Morgan fingerprint density at radius 2 is 1.59 bits per heavy atom. The predicted octanol–water partition coefficient (Wildman–Crippen LogP) is 1.84. The van der Waals surface area contributed by atoms with Gasteiger partial charge in [0.15, 0.2) is 0 Å². The number of urea groups is 1. The number of benzene rings is 1. The molecule has 0 unspecified atom stereocenters. The van der Waals surface area contributed by atoms with Gasteiger partial charge in [-0.15, -0.1) is 0 Å². The van der Waals surface area contributed by atoms with Crippen LogP contribution in [0.5, 0.6) is 0 Å². The third-order valence-corrected chi connectivity index (χ3v) is 6.08. The molecule has 2 fully saturated rings. The molecule has 3 aliphatic heterocycles. The van der Waals surface area contributed by atoms with E-state index in [1.165, 1.54) is 11.1 Å². The quantitative estimate of drug-likeness (QED) is 0.883. The Hall–Kier alpha value is -2.08. The Balaban J connectivity index is 1.20. The fourth-order valence-electron chi connectivity index (χ4n) is 4.49. The molecule has 146 valence electrons. The maximum atomic E-state index is 12.5. The maximum absolute atomic E-state index is 12.5. The average Bonchev–Trinajstić information content (AvgIpc) is 3.23. The fourth-order valence-corrected chi connectivity index (χ4v) is 4.49. The number of fused-ring (bicyclic) bond motifs is 1. The van der Waals surface area contributed by atoms with E-state index in [2.05, 4.69) is 34.5 Å². The van der Waals surface area contributed by atoms with Crippen LogP contribution in [0.3, 0.4) is 0 Å². The van der Waals surface area contributed by atoms with Gasteiger partial charge in [0, 0.05) is 45.3 Å². The van der Waals surface area contributed by atoms with Gasteiger partial charge < -0.3 is 15.1 Å². The van der Waals surface area contributed by atoms with E-state index in [1.807, 2.05) is 9.80 Å². The summed E-state index contributed by atoms with van der Waals surface area (Å²) in [5.41, 5.74) is 2.74. The van der Waals surface area contributed by atoms with E-state index in [-0.39, 0.29) is 18.0 Å². The average molecular weight is 370 g/mol. The van der Waals surface area contributed by atoms with Crippen LogP contribution in [-0.4, -0.2) is 71.9 Å². The lowest BCUT2D eigenvalue weighted by molar-refractivity contribution is -0.123. The summed E-state index contributed by atoms with van der Waals surface area (Å²) in [7, 11) is 0. The third-order valence-electron chi connectivity index (χ3n) is 6.08. The minimum atomic E-state index is 0.110. The van der Waals surface area contributed by atoms with Crippen molar-refractivity contribution in [1.29, 1.82) is 0 Å². The second-order valence-electron chi connectivity index (χ2n) is 8.03. The molecule has 1 aromatic carbocycles. The van der Waals surface area contributed by atoms with Gasteiger partial charge in [0.25, 0.3) is 0 Å². The molecule has 3 amide bonds. The van der Waals surface area contributed by atoms with Crippen LogP contribution in [-0.2, 0) is 17.8 Å². The third kappa shape index (κ3) is 4.43. The molecule has 3 aliphatic rings. The van der Waals surface area contributed by atoms with E-state index in [0.717, 1.165) is 71.4 Å². The SMILES string of the molecule is O=C(CN1CCc2ccccc2C1)NC1CCN(C(=O)N2CCCC2)CC1. The second-order valence-corrected chi connectivity index (χ2v) is 8.03. The molecule has 0 radical (unpaired) electrons. The van der Waals surface area contributed by atoms with Crippen LogP contribution in [0.1, 0.15) is 36.8 Å². The van der Waals surface area contributed by atoms with Crippen molar-refractivity contribution in [3.63, 3.8) is 0 Å². The number of amides is 3. The Bertz CT molecular complexity index is 679. The molecule has 1 aromatic rings. The largest absolute Gasteiger partial charge is 0.352 e. The number of nitrogens with zero attached hydrogens (tertiary/aromatic N) is 3. The maximum Gasteiger partial charge on any atom is 0.319 e. The standard InChI is InChI=1S/C21H30N4O2/c26-20(16-23-12-7-17-5-1-2-6-18(17)15-23)22-19-8-13-25(14-9-19)21(27)24-10-3-4-11-24/h1-2,5-6,19H,3-4,7-16H2,(H,22,26). The summed E-state index contributed by atoms with van der Waals surface area (Å²) in [6.07, 6.45) is 4.97. The van der Waals surface area contributed by atoms with Crippen LogP contribution in [0.4, 0.5) is 4.79 Å². The van der Waals surface area contributed by atoms with Crippen molar-refractivity contribution in [2.75, 3.05) is 39.3 Å². The lowest BCUT2D eigenvalue weighted by Gasteiger charge is -2.35. The summed E-state index contributed by atoms with van der Waals surface area (Å²) in [6.45, 7) is 5.54. The van der Waals surface area contributed by atoms with Crippen molar-refractivity contribution < 1.29 is 9.59 Å². The van der Waals surface area contributed by atoms with Gasteiger partial charge >= 0.3 is 6.03 Å². The molecule has 0 aliphatic carbocycles. The number of rotatable bonds is 3. The zero-order valence-corrected chi connectivity index (χ0v) is 16.0. The van der Waals surface area contributed by atoms with Gasteiger partial charge in [-0.3, -0.25) is 9.69 Å². The van der Waals surface area contributed by atoms with Crippen LogP contribution in [0.15, 0.2) is 24.3 Å². The normalized spacial score (nSPS) is 21.2. The molecular formula is C21H30N4O2. The number of likely N-dealkylation sites (tertiary alicyclic amines) is 2. The molecule has 0 atom stereocenters. The highest BCUT2D eigenvalue weighted by atomic mass is 16.2. The van der Waals surface area contributed by atoms with Crippen molar-refractivity contribution in [1.82, 2.24) is 20.0 Å². The predicted molar refractivity (Wildman–Crippen MR) is 104 cm³/mol. The summed E-state index contributed by atoms with van der Waals surface area (Å²) in [4.78, 5) is 31.1. The van der Waals surface area contributed by atoms with Gasteiger partial charge in [-0.1, -0.05) is 24.3 Å². The monoisotopic (exact) mass is 370 g/mol. The van der Waals surface area contributed by atoms with E-state index in [9.17, 15) is 9.59 Å². The molecule has 4 rings (SSSR count). The van der Waals surface area contributed by atoms with Crippen LogP contribution >= 0.6 is 0 Å². The number of nitrogens with one attached hydrogen (secondary N) is 1. The van der Waals surface area contributed by atoms with E-state index >= 15 is 0 Å². The highest BCUT2D eigenvalue weighted by molar-refractivity contribution is 5.78. The summed E-state index contributed by atoms with van der Waals surface area (Å²) in [5.74, 6) is 0.110. The Morgan fingerprint density at radius 1 is 0.926 bits per heavy atom. The summed E-state index contributed by atoms with van der Waals surface area (Å²) in [5, 5.41) is 3.19. The van der Waals surface area contributed by atoms with Gasteiger partial charge in [0.05, 0.1) is 6.54 Å². The van der Waals surface area contributed by atoms with Gasteiger partial charge in [-0.2, -0.15) is 0 Å². The zero-order valence-electron chi connectivity index (χ0n) is 16.0. The second kappa shape index (κ2) is 8.30. The lowest BCUT2D eigenvalue weighted by Crippen LogP contribution is -2.51. The first-order chi connectivity index (χ1) is 13.2.